The van der Waals surface area contributed by atoms with Crippen molar-refractivity contribution in [1.82, 2.24) is 5.32 Å². The van der Waals surface area contributed by atoms with Gasteiger partial charge in [-0.25, -0.2) is 4.39 Å². The Labute approximate surface area is 109 Å². The Morgan fingerprint density at radius 1 is 1.50 bits per heavy atom. The van der Waals surface area contributed by atoms with E-state index in [9.17, 15) is 4.39 Å². The van der Waals surface area contributed by atoms with Crippen LogP contribution in [0.15, 0.2) is 18.2 Å². The Morgan fingerprint density at radius 3 is 3.00 bits per heavy atom. The Morgan fingerprint density at radius 2 is 2.33 bits per heavy atom. The van der Waals surface area contributed by atoms with E-state index < -0.39 is 0 Å². The fraction of sp³-hybridized carbons (Fsp3) is 0.600. The summed E-state index contributed by atoms with van der Waals surface area (Å²) in [4.78, 5) is 0. The molecule has 0 spiro atoms. The molecule has 2 nitrogen and oxygen atoms in total. The highest BCUT2D eigenvalue weighted by Crippen LogP contribution is 2.18. The zero-order chi connectivity index (χ0) is 13.0. The van der Waals surface area contributed by atoms with Crippen molar-refractivity contribution in [1.29, 1.82) is 0 Å². The molecule has 3 heteroatoms. The molecular formula is C15H22FNO. The molecule has 0 aliphatic carbocycles. The average molecular weight is 251 g/mol. The maximum Gasteiger partial charge on any atom is 0.126 e. The standard InChI is InChI=1S/C15H22FNO/c1-11-3-4-14(9-15(11)16)12(2)17-7-5-13-6-8-18-10-13/h3-4,9,12-13,17H,5-8,10H2,1-2H3. The molecule has 2 unspecified atom stereocenters. The lowest BCUT2D eigenvalue weighted by Crippen LogP contribution is -2.22. The second kappa shape index (κ2) is 6.30. The molecule has 0 aromatic heterocycles. The van der Waals surface area contributed by atoms with Gasteiger partial charge in [-0.15, -0.1) is 0 Å². The first-order chi connectivity index (χ1) is 8.66. The molecule has 1 aliphatic rings. The molecule has 0 saturated carbocycles. The lowest BCUT2D eigenvalue weighted by atomic mass is 10.0. The predicted molar refractivity (Wildman–Crippen MR) is 71.1 cm³/mol. The summed E-state index contributed by atoms with van der Waals surface area (Å²) in [5, 5.41) is 3.45. The average Bonchev–Trinajstić information content (AvgIpc) is 2.85. The van der Waals surface area contributed by atoms with E-state index in [1.54, 1.807) is 13.0 Å². The number of nitrogens with one attached hydrogen (secondary N) is 1. The fourth-order valence-electron chi connectivity index (χ4n) is 2.31. The minimum absolute atomic E-state index is 0.120. The fourth-order valence-corrected chi connectivity index (χ4v) is 2.31. The van der Waals surface area contributed by atoms with Crippen LogP contribution in [0.4, 0.5) is 4.39 Å². The number of hydrogen-bond donors (Lipinski definition) is 1. The third-order valence-corrected chi connectivity index (χ3v) is 3.72. The number of benzene rings is 1. The highest BCUT2D eigenvalue weighted by Gasteiger charge is 2.15. The van der Waals surface area contributed by atoms with Crippen molar-refractivity contribution in [2.24, 2.45) is 5.92 Å². The molecule has 1 aromatic rings. The first kappa shape index (κ1) is 13.5. The quantitative estimate of drug-likeness (QED) is 0.867. The molecule has 0 bridgehead atoms. The van der Waals surface area contributed by atoms with E-state index in [4.69, 9.17) is 4.74 Å². The van der Waals surface area contributed by atoms with Gasteiger partial charge in [0, 0.05) is 19.3 Å². The zero-order valence-corrected chi connectivity index (χ0v) is 11.2. The monoisotopic (exact) mass is 251 g/mol. The third kappa shape index (κ3) is 3.53. The predicted octanol–water partition coefficient (Wildman–Crippen LogP) is 3.21. The van der Waals surface area contributed by atoms with E-state index in [1.807, 2.05) is 12.1 Å². The molecule has 1 aromatic carbocycles. The van der Waals surface area contributed by atoms with Gasteiger partial charge in [-0.2, -0.15) is 0 Å². The van der Waals surface area contributed by atoms with Crippen molar-refractivity contribution in [2.45, 2.75) is 32.7 Å². The molecule has 1 aliphatic heterocycles. The highest BCUT2D eigenvalue weighted by atomic mass is 19.1. The van der Waals surface area contributed by atoms with E-state index in [2.05, 4.69) is 12.2 Å². The lowest BCUT2D eigenvalue weighted by Gasteiger charge is -2.16. The summed E-state index contributed by atoms with van der Waals surface area (Å²) < 4.78 is 18.8. The Bertz CT molecular complexity index is 388. The maximum absolute atomic E-state index is 13.5. The molecule has 1 N–H and O–H groups in total. The van der Waals surface area contributed by atoms with E-state index >= 15 is 0 Å². The molecule has 1 saturated heterocycles. The molecule has 100 valence electrons. The summed E-state index contributed by atoms with van der Waals surface area (Å²) in [5.41, 5.74) is 1.72. The number of halogens is 1. The van der Waals surface area contributed by atoms with Crippen LogP contribution in [0, 0.1) is 18.7 Å². The molecule has 0 radical (unpaired) electrons. The largest absolute Gasteiger partial charge is 0.381 e. The van der Waals surface area contributed by atoms with Gasteiger partial charge in [0.1, 0.15) is 5.82 Å². The van der Waals surface area contributed by atoms with Crippen molar-refractivity contribution >= 4 is 0 Å². The topological polar surface area (TPSA) is 21.3 Å². The van der Waals surface area contributed by atoms with Crippen molar-refractivity contribution in [3.63, 3.8) is 0 Å². The second-order valence-corrected chi connectivity index (χ2v) is 5.20. The van der Waals surface area contributed by atoms with Crippen LogP contribution in [0.2, 0.25) is 0 Å². The van der Waals surface area contributed by atoms with Crippen LogP contribution in [0.1, 0.15) is 36.9 Å². The van der Waals surface area contributed by atoms with Gasteiger partial charge in [-0.05, 0) is 56.3 Å². The van der Waals surface area contributed by atoms with Gasteiger partial charge in [0.05, 0.1) is 0 Å². The Kier molecular flexibility index (Phi) is 4.72. The SMILES string of the molecule is Cc1ccc(C(C)NCCC2CCOC2)cc1F. The van der Waals surface area contributed by atoms with Gasteiger partial charge in [-0.3, -0.25) is 0 Å². The highest BCUT2D eigenvalue weighted by molar-refractivity contribution is 5.25. The summed E-state index contributed by atoms with van der Waals surface area (Å²) in [6.45, 7) is 6.63. The first-order valence-corrected chi connectivity index (χ1v) is 6.74. The van der Waals surface area contributed by atoms with Crippen LogP contribution in [0.25, 0.3) is 0 Å². The van der Waals surface area contributed by atoms with Crippen molar-refractivity contribution < 1.29 is 9.13 Å². The van der Waals surface area contributed by atoms with Crippen LogP contribution < -0.4 is 5.32 Å². The summed E-state index contributed by atoms with van der Waals surface area (Å²) in [7, 11) is 0. The van der Waals surface area contributed by atoms with Gasteiger partial charge < -0.3 is 10.1 Å². The van der Waals surface area contributed by atoms with E-state index in [1.165, 1.54) is 6.42 Å². The minimum atomic E-state index is -0.120. The number of rotatable bonds is 5. The number of ether oxygens (including phenoxy) is 1. The molecule has 2 rings (SSSR count). The van der Waals surface area contributed by atoms with Gasteiger partial charge >= 0.3 is 0 Å². The molecule has 1 heterocycles. The molecular weight excluding hydrogens is 229 g/mol. The summed E-state index contributed by atoms with van der Waals surface area (Å²) in [5.74, 6) is 0.574. The summed E-state index contributed by atoms with van der Waals surface area (Å²) >= 11 is 0. The van der Waals surface area contributed by atoms with Crippen molar-refractivity contribution in [2.75, 3.05) is 19.8 Å². The summed E-state index contributed by atoms with van der Waals surface area (Å²) in [6, 6.07) is 5.66. The van der Waals surface area contributed by atoms with Crippen molar-refractivity contribution in [3.8, 4) is 0 Å². The Hall–Kier alpha value is -0.930. The minimum Gasteiger partial charge on any atom is -0.381 e. The van der Waals surface area contributed by atoms with Gasteiger partial charge in [0.25, 0.3) is 0 Å². The van der Waals surface area contributed by atoms with E-state index in [0.29, 0.717) is 11.5 Å². The number of aryl methyl sites for hydroxylation is 1. The maximum atomic E-state index is 13.5. The van der Waals surface area contributed by atoms with Crippen LogP contribution in [0.3, 0.4) is 0 Å². The van der Waals surface area contributed by atoms with E-state index in [-0.39, 0.29) is 11.9 Å². The van der Waals surface area contributed by atoms with Gasteiger partial charge in [0.2, 0.25) is 0 Å². The lowest BCUT2D eigenvalue weighted by molar-refractivity contribution is 0.184. The van der Waals surface area contributed by atoms with Crippen LogP contribution in [-0.2, 0) is 4.74 Å². The van der Waals surface area contributed by atoms with E-state index in [0.717, 1.165) is 31.7 Å². The molecule has 0 amide bonds. The second-order valence-electron chi connectivity index (χ2n) is 5.20. The first-order valence-electron chi connectivity index (χ1n) is 6.74. The van der Waals surface area contributed by atoms with Crippen LogP contribution in [0.5, 0.6) is 0 Å². The number of hydrogen-bond acceptors (Lipinski definition) is 2. The van der Waals surface area contributed by atoms with Crippen molar-refractivity contribution in [3.05, 3.63) is 35.1 Å². The molecule has 2 atom stereocenters. The Balaban J connectivity index is 1.79. The van der Waals surface area contributed by atoms with Gasteiger partial charge in [-0.1, -0.05) is 12.1 Å². The normalized spacial score (nSPS) is 21.2. The smallest absolute Gasteiger partial charge is 0.126 e. The zero-order valence-electron chi connectivity index (χ0n) is 11.2. The molecule has 1 fully saturated rings. The van der Waals surface area contributed by atoms with Crippen LogP contribution in [-0.4, -0.2) is 19.8 Å². The molecule has 18 heavy (non-hydrogen) atoms. The third-order valence-electron chi connectivity index (χ3n) is 3.72. The summed E-state index contributed by atoms with van der Waals surface area (Å²) in [6.07, 6.45) is 2.31. The van der Waals surface area contributed by atoms with Crippen LogP contribution >= 0.6 is 0 Å². The van der Waals surface area contributed by atoms with Gasteiger partial charge in [0.15, 0.2) is 0 Å².